The van der Waals surface area contributed by atoms with Gasteiger partial charge in [0.2, 0.25) is 0 Å². The van der Waals surface area contributed by atoms with E-state index in [9.17, 15) is 0 Å². The summed E-state index contributed by atoms with van der Waals surface area (Å²) in [7, 11) is 3.69. The van der Waals surface area contributed by atoms with Gasteiger partial charge in [-0.2, -0.15) is 0 Å². The number of methoxy groups -OCH3 is 1. The predicted molar refractivity (Wildman–Crippen MR) is 78.5 cm³/mol. The van der Waals surface area contributed by atoms with Crippen LogP contribution >= 0.6 is 11.6 Å². The van der Waals surface area contributed by atoms with Gasteiger partial charge in [-0.05, 0) is 31.5 Å². The molecular formula is C15H24ClNO. The summed E-state index contributed by atoms with van der Waals surface area (Å²) in [4.78, 5) is 0. The maximum Gasteiger partial charge on any atom is 0.125 e. The van der Waals surface area contributed by atoms with Crippen molar-refractivity contribution in [1.82, 2.24) is 5.32 Å². The van der Waals surface area contributed by atoms with Crippen LogP contribution in [0.25, 0.3) is 0 Å². The van der Waals surface area contributed by atoms with Crippen molar-refractivity contribution in [2.45, 2.75) is 39.2 Å². The van der Waals surface area contributed by atoms with Gasteiger partial charge >= 0.3 is 0 Å². The number of rotatable bonds is 7. The van der Waals surface area contributed by atoms with Crippen LogP contribution in [0.2, 0.25) is 5.02 Å². The lowest BCUT2D eigenvalue weighted by molar-refractivity contribution is 0.375. The summed E-state index contributed by atoms with van der Waals surface area (Å²) in [6.45, 7) is 4.53. The third-order valence-electron chi connectivity index (χ3n) is 3.34. The average Bonchev–Trinajstić information content (AvgIpc) is 2.36. The molecule has 0 aliphatic rings. The second-order valence-corrected chi connectivity index (χ2v) is 5.29. The van der Waals surface area contributed by atoms with Crippen molar-refractivity contribution in [1.29, 1.82) is 0 Å². The lowest BCUT2D eigenvalue weighted by atomic mass is 9.92. The molecule has 2 atom stereocenters. The number of hydrogen-bond donors (Lipinski definition) is 1. The summed E-state index contributed by atoms with van der Waals surface area (Å²) in [6, 6.07) is 6.18. The molecule has 1 aromatic carbocycles. The van der Waals surface area contributed by atoms with Gasteiger partial charge in [-0.25, -0.2) is 0 Å². The molecule has 0 radical (unpaired) electrons. The zero-order valence-electron chi connectivity index (χ0n) is 11.8. The molecule has 0 saturated carbocycles. The van der Waals surface area contributed by atoms with Crippen LogP contribution in [0.5, 0.6) is 5.75 Å². The first-order valence-corrected chi connectivity index (χ1v) is 7.00. The summed E-state index contributed by atoms with van der Waals surface area (Å²) < 4.78 is 5.43. The second-order valence-electron chi connectivity index (χ2n) is 4.86. The van der Waals surface area contributed by atoms with Gasteiger partial charge in [-0.15, -0.1) is 0 Å². The number of nitrogens with one attached hydrogen (secondary N) is 1. The Balaban J connectivity index is 2.87. The van der Waals surface area contributed by atoms with E-state index in [1.165, 1.54) is 18.4 Å². The van der Waals surface area contributed by atoms with Gasteiger partial charge < -0.3 is 10.1 Å². The molecule has 102 valence electrons. The topological polar surface area (TPSA) is 21.3 Å². The van der Waals surface area contributed by atoms with E-state index in [0.29, 0.717) is 17.0 Å². The summed E-state index contributed by atoms with van der Waals surface area (Å²) in [5, 5.41) is 4.09. The third-order valence-corrected chi connectivity index (χ3v) is 3.57. The van der Waals surface area contributed by atoms with E-state index in [1.807, 2.05) is 19.2 Å². The van der Waals surface area contributed by atoms with Crippen LogP contribution in [0.1, 0.15) is 44.7 Å². The van der Waals surface area contributed by atoms with E-state index >= 15 is 0 Å². The molecule has 0 aliphatic heterocycles. The van der Waals surface area contributed by atoms with E-state index in [2.05, 4.69) is 25.2 Å². The first-order valence-electron chi connectivity index (χ1n) is 6.63. The molecule has 0 aliphatic carbocycles. The van der Waals surface area contributed by atoms with Crippen LogP contribution in [-0.4, -0.2) is 14.2 Å². The minimum atomic E-state index is 0.318. The molecule has 1 aromatic rings. The minimum absolute atomic E-state index is 0.318. The Morgan fingerprint density at radius 2 is 2.11 bits per heavy atom. The van der Waals surface area contributed by atoms with Gasteiger partial charge in [0, 0.05) is 16.6 Å². The lowest BCUT2D eigenvalue weighted by Gasteiger charge is -2.22. The van der Waals surface area contributed by atoms with Crippen LogP contribution in [0, 0.1) is 5.92 Å². The minimum Gasteiger partial charge on any atom is -0.496 e. The highest BCUT2D eigenvalue weighted by Crippen LogP contribution is 2.32. The third kappa shape index (κ3) is 4.18. The molecule has 0 aromatic heterocycles. The fourth-order valence-corrected chi connectivity index (χ4v) is 2.55. The van der Waals surface area contributed by atoms with Crippen LogP contribution in [-0.2, 0) is 0 Å². The number of benzene rings is 1. The molecule has 0 spiro atoms. The van der Waals surface area contributed by atoms with Gasteiger partial charge in [-0.3, -0.25) is 0 Å². The second kappa shape index (κ2) is 7.65. The lowest BCUT2D eigenvalue weighted by Crippen LogP contribution is -2.19. The average molecular weight is 270 g/mol. The first-order chi connectivity index (χ1) is 8.62. The summed E-state index contributed by atoms with van der Waals surface area (Å²) in [6.07, 6.45) is 3.60. The van der Waals surface area contributed by atoms with Gasteiger partial charge in [0.25, 0.3) is 0 Å². The Hall–Kier alpha value is -0.730. The standard InChI is InChI=1S/C15H24ClNO/c1-5-6-11(2)9-14(17-3)13-8-7-12(16)10-15(13)18-4/h7-8,10-11,14,17H,5-6,9H2,1-4H3. The highest BCUT2D eigenvalue weighted by atomic mass is 35.5. The molecule has 0 amide bonds. The van der Waals surface area contributed by atoms with Crippen molar-refractivity contribution in [3.63, 3.8) is 0 Å². The Morgan fingerprint density at radius 3 is 2.67 bits per heavy atom. The van der Waals surface area contributed by atoms with E-state index in [0.717, 1.165) is 12.2 Å². The molecule has 3 heteroatoms. The summed E-state index contributed by atoms with van der Waals surface area (Å²) in [5.41, 5.74) is 1.19. The number of hydrogen-bond acceptors (Lipinski definition) is 2. The molecule has 0 heterocycles. The van der Waals surface area contributed by atoms with Crippen LogP contribution in [0.15, 0.2) is 18.2 Å². The Bertz CT molecular complexity index is 368. The van der Waals surface area contributed by atoms with E-state index < -0.39 is 0 Å². The number of halogens is 1. The smallest absolute Gasteiger partial charge is 0.125 e. The van der Waals surface area contributed by atoms with Crippen molar-refractivity contribution in [2.75, 3.05) is 14.2 Å². The zero-order valence-corrected chi connectivity index (χ0v) is 12.6. The van der Waals surface area contributed by atoms with Crippen molar-refractivity contribution in [3.05, 3.63) is 28.8 Å². The Labute approximate surface area is 116 Å². The molecule has 18 heavy (non-hydrogen) atoms. The summed E-state index contributed by atoms with van der Waals surface area (Å²) >= 11 is 6.00. The first kappa shape index (κ1) is 15.3. The van der Waals surface area contributed by atoms with Crippen molar-refractivity contribution < 1.29 is 4.74 Å². The molecule has 1 rings (SSSR count). The maximum atomic E-state index is 6.00. The highest BCUT2D eigenvalue weighted by molar-refractivity contribution is 6.30. The van der Waals surface area contributed by atoms with Crippen LogP contribution < -0.4 is 10.1 Å². The SMILES string of the molecule is CCCC(C)CC(NC)c1ccc(Cl)cc1OC. The molecule has 0 saturated heterocycles. The summed E-state index contributed by atoms with van der Waals surface area (Å²) in [5.74, 6) is 1.57. The van der Waals surface area contributed by atoms with E-state index in [-0.39, 0.29) is 0 Å². The predicted octanol–water partition coefficient (Wildman–Crippen LogP) is 4.44. The van der Waals surface area contributed by atoms with Gasteiger partial charge in [0.15, 0.2) is 0 Å². The quantitative estimate of drug-likeness (QED) is 0.790. The highest BCUT2D eigenvalue weighted by Gasteiger charge is 2.17. The van der Waals surface area contributed by atoms with E-state index in [4.69, 9.17) is 16.3 Å². The van der Waals surface area contributed by atoms with Gasteiger partial charge in [0.1, 0.15) is 5.75 Å². The van der Waals surface area contributed by atoms with Crippen LogP contribution in [0.3, 0.4) is 0 Å². The molecule has 1 N–H and O–H groups in total. The van der Waals surface area contributed by atoms with Gasteiger partial charge in [-0.1, -0.05) is 44.4 Å². The molecule has 2 nitrogen and oxygen atoms in total. The Kier molecular flexibility index (Phi) is 6.51. The molecule has 2 unspecified atom stereocenters. The Morgan fingerprint density at radius 1 is 1.39 bits per heavy atom. The largest absolute Gasteiger partial charge is 0.496 e. The normalized spacial score (nSPS) is 14.3. The van der Waals surface area contributed by atoms with Gasteiger partial charge in [0.05, 0.1) is 7.11 Å². The molecule has 0 bridgehead atoms. The van der Waals surface area contributed by atoms with Crippen molar-refractivity contribution in [2.24, 2.45) is 5.92 Å². The zero-order chi connectivity index (χ0) is 13.5. The van der Waals surface area contributed by atoms with E-state index in [1.54, 1.807) is 7.11 Å². The molecular weight excluding hydrogens is 246 g/mol. The fraction of sp³-hybridized carbons (Fsp3) is 0.600. The number of ether oxygens (including phenoxy) is 1. The molecule has 0 fully saturated rings. The fourth-order valence-electron chi connectivity index (χ4n) is 2.39. The van der Waals surface area contributed by atoms with Crippen LogP contribution in [0.4, 0.5) is 0 Å². The monoisotopic (exact) mass is 269 g/mol. The maximum absolute atomic E-state index is 6.00. The van der Waals surface area contributed by atoms with Crippen molar-refractivity contribution >= 4 is 11.6 Å². The van der Waals surface area contributed by atoms with Crippen molar-refractivity contribution in [3.8, 4) is 5.75 Å².